The molecule has 0 bridgehead atoms. The third-order valence-electron chi connectivity index (χ3n) is 5.05. The molecule has 2 aromatic heterocycles. The predicted octanol–water partition coefficient (Wildman–Crippen LogP) is 1.10. The van der Waals surface area contributed by atoms with E-state index in [1.54, 1.807) is 16.2 Å². The number of nitrogens with zero attached hydrogens (tertiary/aromatic N) is 6. The van der Waals surface area contributed by atoms with Gasteiger partial charge in [-0.3, -0.25) is 9.13 Å². The number of aryl methyl sites for hydroxylation is 2. The molecule has 136 valence electrons. The highest BCUT2D eigenvalue weighted by atomic mass is 16.4. The number of imidazole rings is 1. The van der Waals surface area contributed by atoms with Crippen molar-refractivity contribution >= 4 is 33.8 Å². The molecule has 1 fully saturated rings. The topological polar surface area (TPSA) is 96.5 Å². The highest BCUT2D eigenvalue weighted by Crippen LogP contribution is 2.28. The lowest BCUT2D eigenvalue weighted by molar-refractivity contribution is 0.142. The van der Waals surface area contributed by atoms with E-state index < -0.39 is 6.09 Å². The average molecular weight is 356 g/mol. The third-order valence-corrected chi connectivity index (χ3v) is 5.05. The largest absolute Gasteiger partial charge is 0.465 e. The number of amides is 1. The molecular formula is C17H20N6O3. The Hall–Kier alpha value is -3.10. The van der Waals surface area contributed by atoms with Crippen LogP contribution in [0.4, 0.5) is 10.6 Å². The van der Waals surface area contributed by atoms with Gasteiger partial charge in [0.05, 0.1) is 16.6 Å². The van der Waals surface area contributed by atoms with Gasteiger partial charge < -0.3 is 14.9 Å². The Morgan fingerprint density at radius 1 is 1.15 bits per heavy atom. The summed E-state index contributed by atoms with van der Waals surface area (Å²) < 4.78 is 3.36. The summed E-state index contributed by atoms with van der Waals surface area (Å²) in [4.78, 5) is 35.8. The van der Waals surface area contributed by atoms with E-state index in [-0.39, 0.29) is 5.69 Å². The summed E-state index contributed by atoms with van der Waals surface area (Å²) in [5.41, 5.74) is 2.41. The minimum Gasteiger partial charge on any atom is -0.465 e. The van der Waals surface area contributed by atoms with Crippen LogP contribution in [0.1, 0.15) is 6.92 Å². The van der Waals surface area contributed by atoms with Crippen molar-refractivity contribution in [2.75, 3.05) is 31.1 Å². The molecule has 1 amide bonds. The highest BCUT2D eigenvalue weighted by Gasteiger charge is 2.23. The fourth-order valence-electron chi connectivity index (χ4n) is 3.61. The number of aromatic nitrogens is 4. The molecule has 3 heterocycles. The van der Waals surface area contributed by atoms with Crippen molar-refractivity contribution in [3.05, 3.63) is 28.9 Å². The van der Waals surface area contributed by atoms with Crippen LogP contribution >= 0.6 is 0 Å². The zero-order chi connectivity index (χ0) is 18.4. The van der Waals surface area contributed by atoms with Crippen LogP contribution in [0.2, 0.25) is 0 Å². The second-order valence-corrected chi connectivity index (χ2v) is 6.40. The summed E-state index contributed by atoms with van der Waals surface area (Å²) in [5.74, 6) is 0.777. The zero-order valence-electron chi connectivity index (χ0n) is 14.7. The standard InChI is InChI=1S/C17H20N6O3/c1-3-23-14-9-12-11(8-13(14)20(2)16(23)24)15(19-10-18-12)21-4-6-22(7-5-21)17(25)26/h8-10H,3-7H2,1-2H3,(H,25,26). The molecule has 9 nitrogen and oxygen atoms in total. The number of benzene rings is 1. The van der Waals surface area contributed by atoms with Gasteiger partial charge >= 0.3 is 11.8 Å². The molecule has 4 rings (SSSR count). The van der Waals surface area contributed by atoms with Crippen LogP contribution in [-0.2, 0) is 13.6 Å². The van der Waals surface area contributed by atoms with Crippen molar-refractivity contribution in [2.24, 2.45) is 7.05 Å². The Morgan fingerprint density at radius 3 is 2.54 bits per heavy atom. The Kier molecular flexibility index (Phi) is 3.78. The smallest absolute Gasteiger partial charge is 0.407 e. The maximum absolute atomic E-state index is 12.4. The van der Waals surface area contributed by atoms with Crippen molar-refractivity contribution < 1.29 is 9.90 Å². The van der Waals surface area contributed by atoms with Gasteiger partial charge in [-0.25, -0.2) is 19.6 Å². The van der Waals surface area contributed by atoms with Crippen LogP contribution in [-0.4, -0.2) is 61.4 Å². The summed E-state index contributed by atoms with van der Waals surface area (Å²) in [6.45, 7) is 4.56. The van der Waals surface area contributed by atoms with Crippen molar-refractivity contribution in [1.82, 2.24) is 24.0 Å². The average Bonchev–Trinajstić information content (AvgIpc) is 2.89. The van der Waals surface area contributed by atoms with Gasteiger partial charge in [0.25, 0.3) is 0 Å². The van der Waals surface area contributed by atoms with Crippen molar-refractivity contribution in [1.29, 1.82) is 0 Å². The van der Waals surface area contributed by atoms with Crippen LogP contribution in [0.5, 0.6) is 0 Å². The molecule has 3 aromatic rings. The number of hydrogen-bond donors (Lipinski definition) is 1. The molecule has 0 spiro atoms. The summed E-state index contributed by atoms with van der Waals surface area (Å²) in [6, 6.07) is 3.88. The molecule has 0 radical (unpaired) electrons. The van der Waals surface area contributed by atoms with Gasteiger partial charge in [-0.05, 0) is 19.1 Å². The van der Waals surface area contributed by atoms with Gasteiger partial charge in [0, 0.05) is 45.2 Å². The van der Waals surface area contributed by atoms with Crippen molar-refractivity contribution in [2.45, 2.75) is 13.5 Å². The fraction of sp³-hybridized carbons (Fsp3) is 0.412. The summed E-state index contributed by atoms with van der Waals surface area (Å²) in [6.07, 6.45) is 0.625. The van der Waals surface area contributed by atoms with Crippen LogP contribution in [0.15, 0.2) is 23.3 Å². The van der Waals surface area contributed by atoms with E-state index in [4.69, 9.17) is 5.11 Å². The number of anilines is 1. The third kappa shape index (κ3) is 2.39. The lowest BCUT2D eigenvalue weighted by Gasteiger charge is -2.34. The van der Waals surface area contributed by atoms with Gasteiger partial charge in [-0.15, -0.1) is 0 Å². The highest BCUT2D eigenvalue weighted by molar-refractivity contribution is 5.99. The molecule has 0 unspecified atom stereocenters. The van der Waals surface area contributed by atoms with Crippen LogP contribution in [0.3, 0.4) is 0 Å². The number of hydrogen-bond acceptors (Lipinski definition) is 5. The molecule has 1 aliphatic heterocycles. The summed E-state index contributed by atoms with van der Waals surface area (Å²) in [5, 5.41) is 9.98. The molecular weight excluding hydrogens is 336 g/mol. The van der Waals surface area contributed by atoms with E-state index in [9.17, 15) is 9.59 Å². The number of carbonyl (C=O) groups is 1. The van der Waals surface area contributed by atoms with Gasteiger partial charge in [0.1, 0.15) is 12.1 Å². The maximum Gasteiger partial charge on any atom is 0.407 e. The Balaban J connectivity index is 1.83. The molecule has 26 heavy (non-hydrogen) atoms. The molecule has 1 saturated heterocycles. The minimum absolute atomic E-state index is 0.0533. The van der Waals surface area contributed by atoms with Gasteiger partial charge in [0.2, 0.25) is 0 Å². The number of rotatable bonds is 2. The zero-order valence-corrected chi connectivity index (χ0v) is 14.7. The number of fused-ring (bicyclic) bond motifs is 2. The number of piperazine rings is 1. The van der Waals surface area contributed by atoms with Gasteiger partial charge in [0.15, 0.2) is 0 Å². The minimum atomic E-state index is -0.894. The summed E-state index contributed by atoms with van der Waals surface area (Å²) >= 11 is 0. The molecule has 1 N–H and O–H groups in total. The van der Waals surface area contributed by atoms with E-state index in [0.717, 1.165) is 27.8 Å². The van der Waals surface area contributed by atoms with E-state index in [2.05, 4.69) is 14.9 Å². The molecule has 0 aliphatic carbocycles. The first kappa shape index (κ1) is 16.4. The molecule has 0 saturated carbocycles. The molecule has 1 aromatic carbocycles. The predicted molar refractivity (Wildman–Crippen MR) is 97.8 cm³/mol. The molecule has 0 atom stereocenters. The van der Waals surface area contributed by atoms with Gasteiger partial charge in [-0.2, -0.15) is 0 Å². The van der Waals surface area contributed by atoms with Crippen molar-refractivity contribution in [3.63, 3.8) is 0 Å². The van der Waals surface area contributed by atoms with E-state index in [1.165, 1.54) is 11.2 Å². The maximum atomic E-state index is 12.4. The van der Waals surface area contributed by atoms with Crippen LogP contribution < -0.4 is 10.6 Å². The second kappa shape index (κ2) is 6.01. The van der Waals surface area contributed by atoms with Gasteiger partial charge in [-0.1, -0.05) is 0 Å². The first-order valence-corrected chi connectivity index (χ1v) is 8.58. The molecule has 9 heteroatoms. The monoisotopic (exact) mass is 356 g/mol. The SMILES string of the molecule is CCn1c(=O)n(C)c2cc3c(N4CCN(C(=O)O)CC4)ncnc3cc21. The van der Waals surface area contributed by atoms with E-state index in [0.29, 0.717) is 32.7 Å². The first-order valence-electron chi connectivity index (χ1n) is 8.58. The Morgan fingerprint density at radius 2 is 1.88 bits per heavy atom. The molecule has 1 aliphatic rings. The fourth-order valence-corrected chi connectivity index (χ4v) is 3.61. The van der Waals surface area contributed by atoms with Crippen LogP contribution in [0, 0.1) is 0 Å². The summed E-state index contributed by atoms with van der Waals surface area (Å²) in [7, 11) is 1.76. The van der Waals surface area contributed by atoms with Crippen molar-refractivity contribution in [3.8, 4) is 0 Å². The van der Waals surface area contributed by atoms with E-state index in [1.807, 2.05) is 19.1 Å². The Bertz CT molecular complexity index is 1060. The first-order chi connectivity index (χ1) is 12.5. The van der Waals surface area contributed by atoms with E-state index >= 15 is 0 Å². The lowest BCUT2D eigenvalue weighted by Crippen LogP contribution is -2.48. The quantitative estimate of drug-likeness (QED) is 0.739. The van der Waals surface area contributed by atoms with Crippen LogP contribution in [0.25, 0.3) is 21.9 Å². The Labute approximate surface area is 149 Å². The lowest BCUT2D eigenvalue weighted by atomic mass is 10.2. The second-order valence-electron chi connectivity index (χ2n) is 6.40. The normalized spacial score (nSPS) is 15.2. The number of carboxylic acid groups (broad SMARTS) is 1.